The van der Waals surface area contributed by atoms with Gasteiger partial charge in [0.05, 0.1) is 6.42 Å². The van der Waals surface area contributed by atoms with E-state index in [1.54, 1.807) is 18.7 Å². The van der Waals surface area contributed by atoms with Crippen LogP contribution in [0.5, 0.6) is 0 Å². The van der Waals surface area contributed by atoms with Crippen LogP contribution in [-0.4, -0.2) is 39.9 Å². The van der Waals surface area contributed by atoms with Gasteiger partial charge in [0.15, 0.2) is 0 Å². The fraction of sp³-hybridized carbons (Fsp3) is 0.389. The van der Waals surface area contributed by atoms with Crippen LogP contribution in [0, 0.1) is 13.8 Å². The Bertz CT molecular complexity index is 800. The van der Waals surface area contributed by atoms with Crippen molar-refractivity contribution in [2.75, 3.05) is 13.1 Å². The number of nitrogens with zero attached hydrogens (tertiary/aromatic N) is 2. The molecule has 24 heavy (non-hydrogen) atoms. The highest BCUT2D eigenvalue weighted by molar-refractivity contribution is 5.79. The summed E-state index contributed by atoms with van der Waals surface area (Å²) < 4.78 is 0. The van der Waals surface area contributed by atoms with Gasteiger partial charge in [-0.2, -0.15) is 0 Å². The number of rotatable bonds is 3. The molecule has 1 saturated heterocycles. The van der Waals surface area contributed by atoms with Crippen LogP contribution in [0.1, 0.15) is 28.6 Å². The largest absolute Gasteiger partial charge is 0.340 e. The van der Waals surface area contributed by atoms with Crippen molar-refractivity contribution in [1.29, 1.82) is 0 Å². The molecule has 6 nitrogen and oxygen atoms in total. The predicted molar refractivity (Wildman–Crippen MR) is 91.8 cm³/mol. The molecule has 2 aromatic rings. The summed E-state index contributed by atoms with van der Waals surface area (Å²) in [5.41, 5.74) is 8.18. The maximum atomic E-state index is 12.6. The van der Waals surface area contributed by atoms with E-state index in [1.165, 1.54) is 0 Å². The SMILES string of the molecule is Cc1nc(C)c(CC(=O)N2C[C@@H](N)[C@H](c3ccccc3)C2)c(=O)[nH]1. The third-order valence-corrected chi connectivity index (χ3v) is 4.61. The lowest BCUT2D eigenvalue weighted by Gasteiger charge is -2.17. The molecule has 0 unspecified atom stereocenters. The van der Waals surface area contributed by atoms with Crippen LogP contribution in [0.2, 0.25) is 0 Å². The Hall–Kier alpha value is -2.47. The van der Waals surface area contributed by atoms with Crippen molar-refractivity contribution in [1.82, 2.24) is 14.9 Å². The minimum atomic E-state index is -0.239. The summed E-state index contributed by atoms with van der Waals surface area (Å²) in [7, 11) is 0. The van der Waals surface area contributed by atoms with Crippen molar-refractivity contribution in [3.8, 4) is 0 Å². The molecular formula is C18H22N4O2. The standard InChI is InChI=1S/C18H22N4O2/c1-11-14(18(24)21-12(2)20-11)8-17(23)22-9-15(16(19)10-22)13-6-4-3-5-7-13/h3-7,15-16H,8-10,19H2,1-2H3,(H,20,21,24)/t15-,16+/m0/s1. The number of aryl methyl sites for hydroxylation is 2. The predicted octanol–water partition coefficient (Wildman–Crippen LogP) is 0.883. The van der Waals surface area contributed by atoms with Gasteiger partial charge in [-0.15, -0.1) is 0 Å². The van der Waals surface area contributed by atoms with E-state index in [0.29, 0.717) is 30.2 Å². The van der Waals surface area contributed by atoms with Gasteiger partial charge in [0, 0.05) is 36.3 Å². The Kier molecular flexibility index (Phi) is 4.49. The molecule has 0 saturated carbocycles. The first kappa shape index (κ1) is 16.4. The second-order valence-corrected chi connectivity index (χ2v) is 6.37. The van der Waals surface area contributed by atoms with Gasteiger partial charge in [-0.05, 0) is 19.4 Å². The molecule has 1 aliphatic rings. The zero-order chi connectivity index (χ0) is 17.3. The molecule has 0 bridgehead atoms. The summed E-state index contributed by atoms with van der Waals surface area (Å²) in [4.78, 5) is 33.3. The lowest BCUT2D eigenvalue weighted by Crippen LogP contribution is -2.34. The Balaban J connectivity index is 1.74. The van der Waals surface area contributed by atoms with Crippen molar-refractivity contribution < 1.29 is 4.79 Å². The number of carbonyl (C=O) groups is 1. The van der Waals surface area contributed by atoms with Crippen molar-refractivity contribution in [2.24, 2.45) is 5.73 Å². The molecule has 2 heterocycles. The van der Waals surface area contributed by atoms with E-state index in [-0.39, 0.29) is 29.8 Å². The monoisotopic (exact) mass is 326 g/mol. The molecule has 1 aromatic heterocycles. The summed E-state index contributed by atoms with van der Waals surface area (Å²) in [6.07, 6.45) is 0.0582. The minimum absolute atomic E-state index is 0.0582. The first-order valence-electron chi connectivity index (χ1n) is 8.10. The number of nitrogens with two attached hydrogens (primary N) is 1. The molecule has 1 aromatic carbocycles. The van der Waals surface area contributed by atoms with Gasteiger partial charge in [0.1, 0.15) is 5.82 Å². The normalized spacial score (nSPS) is 20.4. The quantitative estimate of drug-likeness (QED) is 0.876. The van der Waals surface area contributed by atoms with Crippen LogP contribution in [-0.2, 0) is 11.2 Å². The zero-order valence-corrected chi connectivity index (χ0v) is 14.0. The molecular weight excluding hydrogens is 304 g/mol. The molecule has 126 valence electrons. The molecule has 0 radical (unpaired) electrons. The van der Waals surface area contributed by atoms with E-state index in [4.69, 9.17) is 5.73 Å². The van der Waals surface area contributed by atoms with Crippen molar-refractivity contribution >= 4 is 5.91 Å². The molecule has 0 spiro atoms. The smallest absolute Gasteiger partial charge is 0.254 e. The summed E-state index contributed by atoms with van der Waals surface area (Å²) >= 11 is 0. The molecule has 1 fully saturated rings. The second kappa shape index (κ2) is 6.57. The van der Waals surface area contributed by atoms with E-state index in [1.807, 2.05) is 30.3 Å². The third kappa shape index (κ3) is 3.23. The average Bonchev–Trinajstić information content (AvgIpc) is 2.93. The van der Waals surface area contributed by atoms with Crippen LogP contribution in [0.3, 0.4) is 0 Å². The number of nitrogens with one attached hydrogen (secondary N) is 1. The average molecular weight is 326 g/mol. The van der Waals surface area contributed by atoms with E-state index < -0.39 is 0 Å². The highest BCUT2D eigenvalue weighted by atomic mass is 16.2. The first-order chi connectivity index (χ1) is 11.5. The second-order valence-electron chi connectivity index (χ2n) is 6.37. The first-order valence-corrected chi connectivity index (χ1v) is 8.10. The number of likely N-dealkylation sites (tertiary alicyclic amines) is 1. The van der Waals surface area contributed by atoms with Gasteiger partial charge in [-0.25, -0.2) is 4.98 Å². The number of hydrogen-bond acceptors (Lipinski definition) is 4. The molecule has 0 aliphatic carbocycles. The van der Waals surface area contributed by atoms with Crippen LogP contribution in [0.15, 0.2) is 35.1 Å². The van der Waals surface area contributed by atoms with Gasteiger partial charge < -0.3 is 15.6 Å². The number of carbonyl (C=O) groups excluding carboxylic acids is 1. The van der Waals surface area contributed by atoms with E-state index in [0.717, 1.165) is 5.56 Å². The van der Waals surface area contributed by atoms with E-state index in [9.17, 15) is 9.59 Å². The van der Waals surface area contributed by atoms with Crippen molar-refractivity contribution in [3.63, 3.8) is 0 Å². The topological polar surface area (TPSA) is 92.1 Å². The fourth-order valence-electron chi connectivity index (χ4n) is 3.31. The van der Waals surface area contributed by atoms with Crippen LogP contribution in [0.25, 0.3) is 0 Å². The highest BCUT2D eigenvalue weighted by Gasteiger charge is 2.34. The maximum Gasteiger partial charge on any atom is 0.254 e. The fourth-order valence-corrected chi connectivity index (χ4v) is 3.31. The number of aromatic amines is 1. The van der Waals surface area contributed by atoms with E-state index in [2.05, 4.69) is 9.97 Å². The van der Waals surface area contributed by atoms with Crippen LogP contribution in [0.4, 0.5) is 0 Å². The zero-order valence-electron chi connectivity index (χ0n) is 14.0. The molecule has 6 heteroatoms. The number of H-pyrrole nitrogens is 1. The Morgan fingerprint density at radius 2 is 2.00 bits per heavy atom. The number of benzene rings is 1. The lowest BCUT2D eigenvalue weighted by atomic mass is 9.95. The summed E-state index contributed by atoms with van der Waals surface area (Å²) in [6.45, 7) is 4.58. The molecule has 1 amide bonds. The molecule has 1 aliphatic heterocycles. The van der Waals surface area contributed by atoms with E-state index >= 15 is 0 Å². The number of hydrogen-bond donors (Lipinski definition) is 2. The van der Waals surface area contributed by atoms with Crippen LogP contribution >= 0.6 is 0 Å². The van der Waals surface area contributed by atoms with Crippen molar-refractivity contribution in [2.45, 2.75) is 32.2 Å². The minimum Gasteiger partial charge on any atom is -0.340 e. The maximum absolute atomic E-state index is 12.6. The van der Waals surface area contributed by atoms with Gasteiger partial charge in [-0.1, -0.05) is 30.3 Å². The lowest BCUT2D eigenvalue weighted by molar-refractivity contribution is -0.129. The summed E-state index contributed by atoms with van der Waals surface area (Å²) in [6, 6.07) is 9.91. The summed E-state index contributed by atoms with van der Waals surface area (Å²) in [5.74, 6) is 0.606. The van der Waals surface area contributed by atoms with Gasteiger partial charge in [0.25, 0.3) is 5.56 Å². The Labute approximate surface area is 140 Å². The third-order valence-electron chi connectivity index (χ3n) is 4.61. The van der Waals surface area contributed by atoms with Crippen LogP contribution < -0.4 is 11.3 Å². The van der Waals surface area contributed by atoms with Gasteiger partial charge in [0.2, 0.25) is 5.91 Å². The molecule has 2 atom stereocenters. The van der Waals surface area contributed by atoms with Gasteiger partial charge in [-0.3, -0.25) is 9.59 Å². The molecule has 3 N–H and O–H groups in total. The highest BCUT2D eigenvalue weighted by Crippen LogP contribution is 2.26. The summed E-state index contributed by atoms with van der Waals surface area (Å²) in [5, 5.41) is 0. The van der Waals surface area contributed by atoms with Gasteiger partial charge >= 0.3 is 0 Å². The molecule has 3 rings (SSSR count). The Morgan fingerprint density at radius 3 is 2.67 bits per heavy atom. The number of amides is 1. The Morgan fingerprint density at radius 1 is 1.29 bits per heavy atom. The van der Waals surface area contributed by atoms with Crippen molar-refractivity contribution in [3.05, 3.63) is 63.3 Å². The number of aromatic nitrogens is 2.